The molecule has 0 aromatic rings. The van der Waals surface area contributed by atoms with Gasteiger partial charge in [0.15, 0.2) is 0 Å². The van der Waals surface area contributed by atoms with Crippen molar-refractivity contribution in [2.24, 2.45) is 46.3 Å². The average Bonchev–Trinajstić information content (AvgIpc) is 3.10. The Bertz CT molecular complexity index is 846. The summed E-state index contributed by atoms with van der Waals surface area (Å²) in [6.45, 7) is 8.85. The first kappa shape index (κ1) is 25.6. The lowest BCUT2D eigenvalue weighted by molar-refractivity contribution is -0.167. The molecular weight excluding hydrogens is 438 g/mol. The zero-order chi connectivity index (χ0) is 24.2. The van der Waals surface area contributed by atoms with Gasteiger partial charge in [-0.05, 0) is 111 Å². The predicted molar refractivity (Wildman–Crippen MR) is 129 cm³/mol. The normalized spacial score (nSPS) is 46.2. The molecule has 4 aliphatic carbocycles. The summed E-state index contributed by atoms with van der Waals surface area (Å²) in [6, 6.07) is 0. The average molecular weight is 484 g/mol. The molecule has 4 rings (SSSR count). The lowest BCUT2D eigenvalue weighted by atomic mass is 9.43. The highest BCUT2D eigenvalue weighted by atomic mass is 32.2. The molecule has 2 N–H and O–H groups in total. The highest BCUT2D eigenvalue weighted by Crippen LogP contribution is 2.68. The first-order chi connectivity index (χ1) is 15.4. The van der Waals surface area contributed by atoms with E-state index in [0.29, 0.717) is 42.4 Å². The number of rotatable bonds is 7. The summed E-state index contributed by atoms with van der Waals surface area (Å²) in [5, 5.41) is 10.4. The van der Waals surface area contributed by atoms with Crippen LogP contribution in [0.2, 0.25) is 0 Å². The van der Waals surface area contributed by atoms with Gasteiger partial charge in [-0.1, -0.05) is 20.8 Å². The largest absolute Gasteiger partial charge is 0.393 e. The number of fused-ring (bicyclic) bond motifs is 5. The van der Waals surface area contributed by atoms with E-state index >= 15 is 0 Å². The number of aliphatic hydroxyl groups excluding tert-OH is 1. The number of carbonyl (C=O) groups is 1. The highest BCUT2D eigenvalue weighted by molar-refractivity contribution is 7.84. The molecule has 0 spiro atoms. The zero-order valence-corrected chi connectivity index (χ0v) is 22.0. The minimum atomic E-state index is -3.79. The number of Topliss-reactive ketones (excluding diaryl/α,β-unsaturated/α-hetero) is 1. The van der Waals surface area contributed by atoms with Crippen molar-refractivity contribution in [3.8, 4) is 0 Å². The number of ketones is 1. The van der Waals surface area contributed by atoms with Crippen LogP contribution in [0.4, 0.5) is 0 Å². The molecule has 4 fully saturated rings. The maximum Gasteiger partial charge on any atom is 0.335 e. The molecule has 7 heteroatoms. The summed E-state index contributed by atoms with van der Waals surface area (Å²) in [6.07, 6.45) is 8.89. The first-order valence-electron chi connectivity index (χ1n) is 13.2. The van der Waals surface area contributed by atoms with E-state index in [-0.39, 0.29) is 34.7 Å². The van der Waals surface area contributed by atoms with Gasteiger partial charge in [-0.25, -0.2) is 0 Å². The third kappa shape index (κ3) is 4.56. The SMILES string of the molecule is CNS(=O)(=O)OC1C[C@@H]2C[C@H](O)CC[C@]2(C)[C@H]2CC[C@]3(C)[C@@H]([C@H](C)CCC(C)=O)CC[C@H]3[C@H]12. The third-order valence-corrected chi connectivity index (χ3v) is 11.8. The third-order valence-electron chi connectivity index (χ3n) is 10.8. The van der Waals surface area contributed by atoms with Gasteiger partial charge >= 0.3 is 10.3 Å². The Hall–Kier alpha value is -0.500. The van der Waals surface area contributed by atoms with Crippen molar-refractivity contribution in [1.29, 1.82) is 0 Å². The van der Waals surface area contributed by atoms with Crippen LogP contribution in [0.3, 0.4) is 0 Å². The molecule has 10 atom stereocenters. The predicted octanol–water partition coefficient (Wildman–Crippen LogP) is 4.47. The maximum absolute atomic E-state index is 12.5. The van der Waals surface area contributed by atoms with Crippen LogP contribution >= 0.6 is 0 Å². The van der Waals surface area contributed by atoms with Gasteiger partial charge in [-0.2, -0.15) is 13.1 Å². The van der Waals surface area contributed by atoms with Crippen molar-refractivity contribution in [2.75, 3.05) is 7.05 Å². The Morgan fingerprint density at radius 2 is 1.76 bits per heavy atom. The Morgan fingerprint density at radius 1 is 1.09 bits per heavy atom. The minimum Gasteiger partial charge on any atom is -0.393 e. The standard InChI is InChI=1S/C26H45NO5S/c1-16(6-7-17(2)28)20-8-9-21-24-22(11-13-26(20,21)4)25(3)12-10-19(29)14-18(25)15-23(24)32-33(30,31)27-5/h16,18-24,27,29H,6-15H2,1-5H3/t16-,18+,19-,20-,21+,22+,23?,24+,25+,26-/m1/s1. The van der Waals surface area contributed by atoms with E-state index in [1.165, 1.54) is 13.5 Å². The van der Waals surface area contributed by atoms with Crippen LogP contribution in [0.5, 0.6) is 0 Å². The van der Waals surface area contributed by atoms with E-state index in [2.05, 4.69) is 25.5 Å². The van der Waals surface area contributed by atoms with Crippen LogP contribution in [0.1, 0.15) is 91.9 Å². The molecule has 1 unspecified atom stereocenters. The molecule has 33 heavy (non-hydrogen) atoms. The monoisotopic (exact) mass is 483 g/mol. The summed E-state index contributed by atoms with van der Waals surface area (Å²) >= 11 is 0. The number of nitrogens with one attached hydrogen (secondary N) is 1. The number of aliphatic hydroxyl groups is 1. The topological polar surface area (TPSA) is 92.7 Å². The van der Waals surface area contributed by atoms with Crippen LogP contribution in [0, 0.1) is 46.3 Å². The summed E-state index contributed by atoms with van der Waals surface area (Å²) in [4.78, 5) is 11.6. The van der Waals surface area contributed by atoms with E-state index in [1.807, 2.05) is 0 Å². The lowest BCUT2D eigenvalue weighted by Crippen LogP contribution is -2.59. The van der Waals surface area contributed by atoms with E-state index < -0.39 is 10.3 Å². The quantitative estimate of drug-likeness (QED) is 0.557. The molecule has 0 amide bonds. The smallest absolute Gasteiger partial charge is 0.335 e. The zero-order valence-electron chi connectivity index (χ0n) is 21.2. The lowest BCUT2D eigenvalue weighted by Gasteiger charge is -2.62. The van der Waals surface area contributed by atoms with Crippen molar-refractivity contribution in [2.45, 2.75) is 104 Å². The summed E-state index contributed by atoms with van der Waals surface area (Å²) < 4.78 is 33.3. The molecular formula is C26H45NO5S. The van der Waals surface area contributed by atoms with Crippen LogP contribution in [-0.4, -0.2) is 38.6 Å². The molecule has 6 nitrogen and oxygen atoms in total. The first-order valence-corrected chi connectivity index (χ1v) is 14.6. The van der Waals surface area contributed by atoms with Crippen LogP contribution < -0.4 is 4.72 Å². The van der Waals surface area contributed by atoms with Crippen LogP contribution in [0.25, 0.3) is 0 Å². The van der Waals surface area contributed by atoms with Gasteiger partial charge in [-0.3, -0.25) is 4.18 Å². The van der Waals surface area contributed by atoms with Crippen LogP contribution in [-0.2, 0) is 19.3 Å². The van der Waals surface area contributed by atoms with Gasteiger partial charge in [0.25, 0.3) is 0 Å². The van der Waals surface area contributed by atoms with Gasteiger partial charge in [0, 0.05) is 13.5 Å². The fraction of sp³-hybridized carbons (Fsp3) is 0.962. The van der Waals surface area contributed by atoms with Crippen molar-refractivity contribution in [3.63, 3.8) is 0 Å². The molecule has 4 saturated carbocycles. The fourth-order valence-electron chi connectivity index (χ4n) is 9.09. The van der Waals surface area contributed by atoms with Crippen molar-refractivity contribution >= 4 is 16.1 Å². The summed E-state index contributed by atoms with van der Waals surface area (Å²) in [7, 11) is -2.37. The second-order valence-corrected chi connectivity index (χ2v) is 13.9. The molecule has 0 aliphatic heterocycles. The van der Waals surface area contributed by atoms with E-state index in [0.717, 1.165) is 44.9 Å². The highest BCUT2D eigenvalue weighted by Gasteiger charge is 2.63. The Labute approximate surface area is 200 Å². The van der Waals surface area contributed by atoms with Crippen molar-refractivity contribution in [1.82, 2.24) is 4.72 Å². The van der Waals surface area contributed by atoms with Crippen LogP contribution in [0.15, 0.2) is 0 Å². The molecule has 0 heterocycles. The molecule has 190 valence electrons. The molecule has 0 saturated heterocycles. The van der Waals surface area contributed by atoms with Crippen molar-refractivity contribution < 1.29 is 22.5 Å². The maximum atomic E-state index is 12.5. The van der Waals surface area contributed by atoms with Gasteiger partial charge < -0.3 is 9.90 Å². The van der Waals surface area contributed by atoms with Crippen molar-refractivity contribution in [3.05, 3.63) is 0 Å². The summed E-state index contributed by atoms with van der Waals surface area (Å²) in [5.74, 6) is 2.75. The second-order valence-electron chi connectivity index (χ2n) is 12.4. The fourth-order valence-corrected chi connectivity index (χ4v) is 9.72. The second kappa shape index (κ2) is 9.18. The van der Waals surface area contributed by atoms with E-state index in [9.17, 15) is 18.3 Å². The molecule has 0 radical (unpaired) electrons. The Kier molecular flexibility index (Phi) is 7.12. The molecule has 0 bridgehead atoms. The van der Waals surface area contributed by atoms with Gasteiger partial charge in [0.2, 0.25) is 0 Å². The summed E-state index contributed by atoms with van der Waals surface area (Å²) in [5.41, 5.74) is 0.312. The Morgan fingerprint density at radius 3 is 2.42 bits per heavy atom. The number of hydrogen-bond donors (Lipinski definition) is 2. The molecule has 0 aromatic heterocycles. The van der Waals surface area contributed by atoms with Gasteiger partial charge in [0.1, 0.15) is 5.78 Å². The number of hydrogen-bond acceptors (Lipinski definition) is 5. The molecule has 0 aromatic carbocycles. The van der Waals surface area contributed by atoms with Gasteiger partial charge in [-0.15, -0.1) is 0 Å². The van der Waals surface area contributed by atoms with E-state index in [4.69, 9.17) is 4.18 Å². The molecule has 4 aliphatic rings. The van der Waals surface area contributed by atoms with Gasteiger partial charge in [0.05, 0.1) is 12.2 Å². The number of carbonyl (C=O) groups excluding carboxylic acids is 1. The van der Waals surface area contributed by atoms with E-state index in [1.54, 1.807) is 6.92 Å². The minimum absolute atomic E-state index is 0.146. The Balaban J connectivity index is 1.65.